The molecule has 1 amide bonds. The fourth-order valence-electron chi connectivity index (χ4n) is 2.82. The SMILES string of the molecule is CCOc1cc(Br)c(CC(=O)Nc2cccc3cccnc23)cc1OCC. The van der Waals surface area contributed by atoms with Gasteiger partial charge in [-0.05, 0) is 43.7 Å². The summed E-state index contributed by atoms with van der Waals surface area (Å²) in [6.45, 7) is 4.90. The molecule has 3 aromatic rings. The van der Waals surface area contributed by atoms with Crippen LogP contribution < -0.4 is 14.8 Å². The van der Waals surface area contributed by atoms with Crippen LogP contribution >= 0.6 is 15.9 Å². The molecule has 2 aromatic carbocycles. The number of fused-ring (bicyclic) bond motifs is 1. The first-order valence-electron chi connectivity index (χ1n) is 8.84. The van der Waals surface area contributed by atoms with Gasteiger partial charge in [-0.3, -0.25) is 9.78 Å². The Morgan fingerprint density at radius 2 is 1.78 bits per heavy atom. The van der Waals surface area contributed by atoms with Crippen molar-refractivity contribution in [1.82, 2.24) is 4.98 Å². The zero-order valence-electron chi connectivity index (χ0n) is 15.3. The third-order valence-corrected chi connectivity index (χ3v) is 4.71. The van der Waals surface area contributed by atoms with Crippen LogP contribution in [-0.2, 0) is 11.2 Å². The number of ether oxygens (including phenoxy) is 2. The van der Waals surface area contributed by atoms with E-state index >= 15 is 0 Å². The fraction of sp³-hybridized carbons (Fsp3) is 0.238. The van der Waals surface area contributed by atoms with E-state index < -0.39 is 0 Å². The molecule has 140 valence electrons. The summed E-state index contributed by atoms with van der Waals surface area (Å²) in [5.41, 5.74) is 2.30. The number of aromatic nitrogens is 1. The van der Waals surface area contributed by atoms with Gasteiger partial charge in [-0.2, -0.15) is 0 Å². The monoisotopic (exact) mass is 428 g/mol. The number of nitrogens with zero attached hydrogens (tertiary/aromatic N) is 1. The Morgan fingerprint density at radius 3 is 2.52 bits per heavy atom. The summed E-state index contributed by atoms with van der Waals surface area (Å²) in [6, 6.07) is 13.3. The number of nitrogens with one attached hydrogen (secondary N) is 1. The summed E-state index contributed by atoms with van der Waals surface area (Å²) in [5, 5.41) is 3.94. The molecule has 1 aromatic heterocycles. The first-order chi connectivity index (χ1) is 13.1. The van der Waals surface area contributed by atoms with E-state index in [-0.39, 0.29) is 12.3 Å². The third kappa shape index (κ3) is 4.57. The molecule has 5 nitrogen and oxygen atoms in total. The number of anilines is 1. The minimum Gasteiger partial charge on any atom is -0.490 e. The van der Waals surface area contributed by atoms with Crippen molar-refractivity contribution in [3.8, 4) is 11.5 Å². The zero-order chi connectivity index (χ0) is 19.2. The van der Waals surface area contributed by atoms with Gasteiger partial charge in [0.25, 0.3) is 0 Å². The minimum atomic E-state index is -0.125. The molecule has 27 heavy (non-hydrogen) atoms. The Balaban J connectivity index is 1.82. The summed E-state index contributed by atoms with van der Waals surface area (Å²) in [7, 11) is 0. The lowest BCUT2D eigenvalue weighted by molar-refractivity contribution is -0.115. The van der Waals surface area contributed by atoms with Gasteiger partial charge in [-0.25, -0.2) is 0 Å². The van der Waals surface area contributed by atoms with Crippen LogP contribution in [-0.4, -0.2) is 24.1 Å². The second kappa shape index (κ2) is 8.86. The molecule has 0 bridgehead atoms. The van der Waals surface area contributed by atoms with Gasteiger partial charge in [-0.15, -0.1) is 0 Å². The van der Waals surface area contributed by atoms with Crippen LogP contribution in [0.1, 0.15) is 19.4 Å². The summed E-state index contributed by atoms with van der Waals surface area (Å²) in [6.07, 6.45) is 1.92. The standard InChI is InChI=1S/C21H21BrN2O3/c1-3-26-18-11-15(16(22)13-19(18)27-4-2)12-20(25)24-17-9-5-7-14-8-6-10-23-21(14)17/h5-11,13H,3-4,12H2,1-2H3,(H,24,25). The van der Waals surface area contributed by atoms with Crippen LogP contribution in [0.5, 0.6) is 11.5 Å². The fourth-order valence-corrected chi connectivity index (χ4v) is 3.28. The number of carbonyl (C=O) groups is 1. The van der Waals surface area contributed by atoms with Crippen molar-refractivity contribution in [2.24, 2.45) is 0 Å². The zero-order valence-corrected chi connectivity index (χ0v) is 16.9. The highest BCUT2D eigenvalue weighted by molar-refractivity contribution is 9.10. The smallest absolute Gasteiger partial charge is 0.228 e. The molecule has 6 heteroatoms. The molecule has 0 unspecified atom stereocenters. The Morgan fingerprint density at radius 1 is 1.07 bits per heavy atom. The molecule has 0 aliphatic heterocycles. The van der Waals surface area contributed by atoms with Gasteiger partial charge in [0.2, 0.25) is 5.91 Å². The lowest BCUT2D eigenvalue weighted by Crippen LogP contribution is -2.15. The number of pyridine rings is 1. The topological polar surface area (TPSA) is 60.5 Å². The molecule has 0 saturated carbocycles. The molecular weight excluding hydrogens is 408 g/mol. The maximum atomic E-state index is 12.6. The molecule has 0 fully saturated rings. The van der Waals surface area contributed by atoms with Gasteiger partial charge in [0.05, 0.1) is 30.8 Å². The van der Waals surface area contributed by atoms with Crippen LogP contribution in [0.25, 0.3) is 10.9 Å². The first-order valence-corrected chi connectivity index (χ1v) is 9.63. The van der Waals surface area contributed by atoms with E-state index in [2.05, 4.69) is 26.2 Å². The van der Waals surface area contributed by atoms with Gasteiger partial charge in [0.1, 0.15) is 0 Å². The quantitative estimate of drug-likeness (QED) is 0.576. The van der Waals surface area contributed by atoms with E-state index in [4.69, 9.17) is 9.47 Å². The molecule has 0 aliphatic carbocycles. The molecule has 1 N–H and O–H groups in total. The Hall–Kier alpha value is -2.60. The van der Waals surface area contributed by atoms with Gasteiger partial charge in [0.15, 0.2) is 11.5 Å². The highest BCUT2D eigenvalue weighted by atomic mass is 79.9. The molecule has 0 aliphatic rings. The van der Waals surface area contributed by atoms with E-state index in [1.165, 1.54) is 0 Å². The number of amides is 1. The summed E-state index contributed by atoms with van der Waals surface area (Å²) < 4.78 is 12.1. The molecule has 0 saturated heterocycles. The molecule has 0 spiro atoms. The van der Waals surface area contributed by atoms with Crippen molar-refractivity contribution >= 4 is 38.4 Å². The van der Waals surface area contributed by atoms with Crippen molar-refractivity contribution in [2.45, 2.75) is 20.3 Å². The Kier molecular flexibility index (Phi) is 6.29. The lowest BCUT2D eigenvalue weighted by Gasteiger charge is -2.14. The van der Waals surface area contributed by atoms with Gasteiger partial charge >= 0.3 is 0 Å². The normalized spacial score (nSPS) is 10.6. The van der Waals surface area contributed by atoms with E-state index in [9.17, 15) is 4.79 Å². The largest absolute Gasteiger partial charge is 0.490 e. The Labute approximate surface area is 166 Å². The average Bonchev–Trinajstić information content (AvgIpc) is 2.66. The number of carbonyl (C=O) groups excluding carboxylic acids is 1. The lowest BCUT2D eigenvalue weighted by atomic mass is 10.1. The number of halogens is 1. The molecule has 0 atom stereocenters. The maximum Gasteiger partial charge on any atom is 0.228 e. The van der Waals surface area contributed by atoms with Crippen molar-refractivity contribution in [3.63, 3.8) is 0 Å². The van der Waals surface area contributed by atoms with Crippen molar-refractivity contribution < 1.29 is 14.3 Å². The van der Waals surface area contributed by atoms with Gasteiger partial charge < -0.3 is 14.8 Å². The Bertz CT molecular complexity index is 954. The number of hydrogen-bond acceptors (Lipinski definition) is 4. The minimum absolute atomic E-state index is 0.125. The van der Waals surface area contributed by atoms with E-state index in [1.807, 2.05) is 56.3 Å². The number of hydrogen-bond donors (Lipinski definition) is 1. The molecule has 3 rings (SSSR count). The molecule has 1 heterocycles. The second-order valence-electron chi connectivity index (χ2n) is 5.86. The van der Waals surface area contributed by atoms with Crippen molar-refractivity contribution in [1.29, 1.82) is 0 Å². The highest BCUT2D eigenvalue weighted by Crippen LogP contribution is 2.34. The predicted molar refractivity (Wildman–Crippen MR) is 111 cm³/mol. The van der Waals surface area contributed by atoms with Crippen LogP contribution in [0.4, 0.5) is 5.69 Å². The number of benzene rings is 2. The third-order valence-electron chi connectivity index (χ3n) is 3.97. The first kappa shape index (κ1) is 19.2. The van der Waals surface area contributed by atoms with E-state index in [0.717, 1.165) is 20.9 Å². The summed E-state index contributed by atoms with van der Waals surface area (Å²) in [4.78, 5) is 17.0. The summed E-state index contributed by atoms with van der Waals surface area (Å²) >= 11 is 3.53. The van der Waals surface area contributed by atoms with E-state index in [0.29, 0.717) is 30.4 Å². The number of para-hydroxylation sites is 1. The second-order valence-corrected chi connectivity index (χ2v) is 6.72. The van der Waals surface area contributed by atoms with Crippen molar-refractivity contribution in [3.05, 3.63) is 58.7 Å². The van der Waals surface area contributed by atoms with Crippen molar-refractivity contribution in [2.75, 3.05) is 18.5 Å². The molecular formula is C21H21BrN2O3. The molecule has 0 radical (unpaired) electrons. The average molecular weight is 429 g/mol. The van der Waals surface area contributed by atoms with Crippen LogP contribution in [0.3, 0.4) is 0 Å². The van der Waals surface area contributed by atoms with Crippen LogP contribution in [0, 0.1) is 0 Å². The van der Waals surface area contributed by atoms with E-state index in [1.54, 1.807) is 6.20 Å². The van der Waals surface area contributed by atoms with Gasteiger partial charge in [-0.1, -0.05) is 34.1 Å². The number of rotatable bonds is 7. The van der Waals surface area contributed by atoms with Crippen LogP contribution in [0.15, 0.2) is 53.1 Å². The maximum absolute atomic E-state index is 12.6. The summed E-state index contributed by atoms with van der Waals surface area (Å²) in [5.74, 6) is 1.17. The van der Waals surface area contributed by atoms with Gasteiger partial charge in [0, 0.05) is 16.1 Å². The highest BCUT2D eigenvalue weighted by Gasteiger charge is 2.14. The van der Waals surface area contributed by atoms with Crippen LogP contribution in [0.2, 0.25) is 0 Å². The predicted octanol–water partition coefficient (Wildman–Crippen LogP) is 4.98.